The van der Waals surface area contributed by atoms with Crippen LogP contribution < -0.4 is 10.6 Å². The second-order valence-electron chi connectivity index (χ2n) is 2.53. The van der Waals surface area contributed by atoms with E-state index in [1.165, 1.54) is 6.92 Å². The Bertz CT molecular complexity index is 143. The van der Waals surface area contributed by atoms with Crippen LogP contribution in [0.5, 0.6) is 0 Å². The number of amides is 1. The van der Waals surface area contributed by atoms with E-state index in [2.05, 4.69) is 10.6 Å². The lowest BCUT2D eigenvalue weighted by molar-refractivity contribution is -0.120. The molecule has 1 amide bonds. The first kappa shape index (κ1) is 10.7. The summed E-state index contributed by atoms with van der Waals surface area (Å²) < 4.78 is 0. The Kier molecular flexibility index (Phi) is 4.40. The topological polar surface area (TPSA) is 61.4 Å². The summed E-state index contributed by atoms with van der Waals surface area (Å²) >= 11 is 0. The zero-order valence-corrected chi connectivity index (χ0v) is 7.15. The molecule has 0 aliphatic carbocycles. The summed E-state index contributed by atoms with van der Waals surface area (Å²) in [4.78, 5) is 10.5. The van der Waals surface area contributed by atoms with Crippen molar-refractivity contribution >= 4 is 18.3 Å². The molecule has 0 unspecified atom stereocenters. The molecule has 0 radical (unpaired) electrons. The van der Waals surface area contributed by atoms with E-state index in [4.69, 9.17) is 5.11 Å². The van der Waals surface area contributed by atoms with Crippen molar-refractivity contribution < 1.29 is 9.90 Å². The van der Waals surface area contributed by atoms with Gasteiger partial charge in [0.05, 0.1) is 12.1 Å². The summed E-state index contributed by atoms with van der Waals surface area (Å²) in [7, 11) is 0. The van der Waals surface area contributed by atoms with Crippen LogP contribution in [0.3, 0.4) is 0 Å². The zero-order valence-electron chi connectivity index (χ0n) is 6.33. The highest BCUT2D eigenvalue weighted by Gasteiger charge is 2.24. The first-order valence-electron chi connectivity index (χ1n) is 3.36. The molecule has 2 atom stereocenters. The van der Waals surface area contributed by atoms with Crippen LogP contribution in [-0.4, -0.2) is 36.2 Å². The van der Waals surface area contributed by atoms with Gasteiger partial charge in [-0.15, -0.1) is 12.4 Å². The van der Waals surface area contributed by atoms with Gasteiger partial charge < -0.3 is 15.7 Å². The minimum Gasteiger partial charge on any atom is -0.390 e. The van der Waals surface area contributed by atoms with E-state index in [0.29, 0.717) is 13.1 Å². The van der Waals surface area contributed by atoms with Crippen LogP contribution in [-0.2, 0) is 4.79 Å². The standard InChI is InChI=1S/C6H12N2O2.ClH/c1-4(9)8-5-2-7-3-6(5)10;/h5-7,10H,2-3H2,1H3,(H,8,9);1H/t5-,6-;/m0./s1. The number of carbonyl (C=O) groups is 1. The lowest BCUT2D eigenvalue weighted by atomic mass is 10.2. The number of aliphatic hydroxyl groups is 1. The third-order valence-electron chi connectivity index (χ3n) is 1.57. The fourth-order valence-corrected chi connectivity index (χ4v) is 1.07. The van der Waals surface area contributed by atoms with Gasteiger partial charge in [-0.25, -0.2) is 0 Å². The fraction of sp³-hybridized carbons (Fsp3) is 0.833. The highest BCUT2D eigenvalue weighted by Crippen LogP contribution is 1.97. The molecule has 1 rings (SSSR count). The van der Waals surface area contributed by atoms with E-state index in [-0.39, 0.29) is 24.4 Å². The molecule has 4 nitrogen and oxygen atoms in total. The summed E-state index contributed by atoms with van der Waals surface area (Å²) in [6.45, 7) is 2.69. The molecule has 1 saturated heterocycles. The Hall–Kier alpha value is -0.320. The first-order chi connectivity index (χ1) is 4.70. The average molecular weight is 181 g/mol. The highest BCUT2D eigenvalue weighted by molar-refractivity contribution is 5.85. The average Bonchev–Trinajstić information content (AvgIpc) is 2.15. The second kappa shape index (κ2) is 4.54. The van der Waals surface area contributed by atoms with E-state index in [9.17, 15) is 4.79 Å². The monoisotopic (exact) mass is 180 g/mol. The van der Waals surface area contributed by atoms with Crippen molar-refractivity contribution in [3.63, 3.8) is 0 Å². The quantitative estimate of drug-likeness (QED) is 0.479. The summed E-state index contributed by atoms with van der Waals surface area (Å²) in [6.07, 6.45) is -0.427. The summed E-state index contributed by atoms with van der Waals surface area (Å²) in [5.74, 6) is -0.0900. The molecule has 66 valence electrons. The normalized spacial score (nSPS) is 29.3. The van der Waals surface area contributed by atoms with Gasteiger partial charge in [0.2, 0.25) is 5.91 Å². The molecule has 1 fully saturated rings. The third kappa shape index (κ3) is 3.05. The largest absolute Gasteiger partial charge is 0.390 e. The molecule has 11 heavy (non-hydrogen) atoms. The maximum Gasteiger partial charge on any atom is 0.217 e. The number of rotatable bonds is 1. The van der Waals surface area contributed by atoms with Gasteiger partial charge in [0.15, 0.2) is 0 Å². The summed E-state index contributed by atoms with van der Waals surface area (Å²) in [6, 6.07) is -0.0995. The Labute approximate surface area is 71.8 Å². The predicted molar refractivity (Wildman–Crippen MR) is 43.7 cm³/mol. The molecule has 0 spiro atoms. The van der Waals surface area contributed by atoms with Gasteiger partial charge in [-0.3, -0.25) is 4.79 Å². The number of nitrogens with one attached hydrogen (secondary N) is 2. The lowest BCUT2D eigenvalue weighted by Crippen LogP contribution is -2.41. The Morgan fingerprint density at radius 3 is 2.64 bits per heavy atom. The molecule has 1 aliphatic heterocycles. The smallest absolute Gasteiger partial charge is 0.217 e. The van der Waals surface area contributed by atoms with Crippen molar-refractivity contribution in [2.75, 3.05) is 13.1 Å². The van der Waals surface area contributed by atoms with Crippen molar-refractivity contribution in [2.45, 2.75) is 19.1 Å². The van der Waals surface area contributed by atoms with Crippen molar-refractivity contribution in [1.29, 1.82) is 0 Å². The van der Waals surface area contributed by atoms with Crippen molar-refractivity contribution in [3.8, 4) is 0 Å². The Morgan fingerprint density at radius 1 is 1.64 bits per heavy atom. The van der Waals surface area contributed by atoms with Crippen LogP contribution in [0, 0.1) is 0 Å². The minimum atomic E-state index is -0.427. The molecular formula is C6H13ClN2O2. The number of aliphatic hydroxyl groups excluding tert-OH is 1. The fourth-order valence-electron chi connectivity index (χ4n) is 1.07. The van der Waals surface area contributed by atoms with Gasteiger partial charge in [0.1, 0.15) is 0 Å². The number of β-amino-alcohol motifs (C(OH)–C–C–N with tert-alkyl or cyclic N) is 1. The molecule has 1 heterocycles. The molecule has 0 aromatic heterocycles. The highest BCUT2D eigenvalue weighted by atomic mass is 35.5. The predicted octanol–water partition coefficient (Wildman–Crippen LogP) is -1.12. The van der Waals surface area contributed by atoms with Crippen molar-refractivity contribution in [3.05, 3.63) is 0 Å². The molecule has 0 bridgehead atoms. The lowest BCUT2D eigenvalue weighted by Gasteiger charge is -2.12. The first-order valence-corrected chi connectivity index (χ1v) is 3.36. The van der Waals surface area contributed by atoms with Crippen LogP contribution in [0.25, 0.3) is 0 Å². The van der Waals surface area contributed by atoms with Crippen LogP contribution in [0.1, 0.15) is 6.92 Å². The molecule has 3 N–H and O–H groups in total. The van der Waals surface area contributed by atoms with E-state index < -0.39 is 6.10 Å². The van der Waals surface area contributed by atoms with E-state index in [1.807, 2.05) is 0 Å². The molecule has 5 heteroatoms. The van der Waals surface area contributed by atoms with Crippen molar-refractivity contribution in [1.82, 2.24) is 10.6 Å². The van der Waals surface area contributed by atoms with Gasteiger partial charge in [-0.2, -0.15) is 0 Å². The van der Waals surface area contributed by atoms with Crippen LogP contribution >= 0.6 is 12.4 Å². The number of hydrogen-bond donors (Lipinski definition) is 3. The summed E-state index contributed by atoms with van der Waals surface area (Å²) in [5.41, 5.74) is 0. The second-order valence-corrected chi connectivity index (χ2v) is 2.53. The van der Waals surface area contributed by atoms with Crippen molar-refractivity contribution in [2.24, 2.45) is 0 Å². The van der Waals surface area contributed by atoms with Gasteiger partial charge in [-0.1, -0.05) is 0 Å². The molecule has 1 aliphatic rings. The van der Waals surface area contributed by atoms with E-state index >= 15 is 0 Å². The van der Waals surface area contributed by atoms with Crippen LogP contribution in [0.2, 0.25) is 0 Å². The number of carbonyl (C=O) groups excluding carboxylic acids is 1. The molecular weight excluding hydrogens is 168 g/mol. The van der Waals surface area contributed by atoms with Gasteiger partial charge in [0.25, 0.3) is 0 Å². The zero-order chi connectivity index (χ0) is 7.56. The van der Waals surface area contributed by atoms with E-state index in [1.54, 1.807) is 0 Å². The van der Waals surface area contributed by atoms with Gasteiger partial charge in [-0.05, 0) is 0 Å². The van der Waals surface area contributed by atoms with Gasteiger partial charge in [0, 0.05) is 20.0 Å². The summed E-state index contributed by atoms with van der Waals surface area (Å²) in [5, 5.41) is 14.8. The minimum absolute atomic E-state index is 0. The SMILES string of the molecule is CC(=O)N[C@H]1CNC[C@@H]1O.Cl. The Morgan fingerprint density at radius 2 is 2.27 bits per heavy atom. The molecule has 0 aromatic rings. The molecule has 0 aromatic carbocycles. The third-order valence-corrected chi connectivity index (χ3v) is 1.57. The number of halogens is 1. The van der Waals surface area contributed by atoms with Gasteiger partial charge >= 0.3 is 0 Å². The Balaban J connectivity index is 0.000001000. The maximum atomic E-state index is 10.5. The maximum absolute atomic E-state index is 10.5. The molecule has 0 saturated carbocycles. The van der Waals surface area contributed by atoms with Crippen LogP contribution in [0.4, 0.5) is 0 Å². The van der Waals surface area contributed by atoms with Crippen LogP contribution in [0.15, 0.2) is 0 Å². The number of hydrogen-bond acceptors (Lipinski definition) is 3. The van der Waals surface area contributed by atoms with E-state index in [0.717, 1.165) is 0 Å².